The molecule has 0 bridgehead atoms. The van der Waals surface area contributed by atoms with E-state index >= 15 is 0 Å². The molecule has 3 rings (SSSR count). The van der Waals surface area contributed by atoms with Crippen molar-refractivity contribution in [3.05, 3.63) is 30.0 Å². The molecule has 0 unspecified atom stereocenters. The first-order valence-corrected chi connectivity index (χ1v) is 5.54. The van der Waals surface area contributed by atoms with Gasteiger partial charge in [-0.3, -0.25) is 5.10 Å². The maximum Gasteiger partial charge on any atom is 0.186 e. The summed E-state index contributed by atoms with van der Waals surface area (Å²) in [6.45, 7) is 1.91. The molecule has 18 heavy (non-hydrogen) atoms. The number of nitrogens with one attached hydrogen (secondary N) is 1. The number of aromatic amines is 1. The highest BCUT2D eigenvalue weighted by molar-refractivity contribution is 5.89. The van der Waals surface area contributed by atoms with Crippen molar-refractivity contribution in [1.82, 2.24) is 20.0 Å². The SMILES string of the molecule is COc1ccc(-n2nc(C)c3c(N)[nH]nc32)cc1. The minimum Gasteiger partial charge on any atom is -0.497 e. The number of rotatable bonds is 2. The molecule has 0 radical (unpaired) electrons. The average molecular weight is 243 g/mol. The highest BCUT2D eigenvalue weighted by atomic mass is 16.5. The van der Waals surface area contributed by atoms with Gasteiger partial charge in [0.2, 0.25) is 0 Å². The molecule has 92 valence electrons. The first-order chi connectivity index (χ1) is 8.70. The molecular weight excluding hydrogens is 230 g/mol. The summed E-state index contributed by atoms with van der Waals surface area (Å²) in [5, 5.41) is 12.3. The Bertz CT molecular complexity index is 695. The molecule has 0 aliphatic rings. The van der Waals surface area contributed by atoms with Crippen LogP contribution in [0.2, 0.25) is 0 Å². The van der Waals surface area contributed by atoms with E-state index in [0.29, 0.717) is 5.82 Å². The van der Waals surface area contributed by atoms with Crippen molar-refractivity contribution in [3.8, 4) is 11.4 Å². The fourth-order valence-corrected chi connectivity index (χ4v) is 2.01. The van der Waals surface area contributed by atoms with Gasteiger partial charge in [0.1, 0.15) is 11.6 Å². The Morgan fingerprint density at radius 1 is 1.28 bits per heavy atom. The average Bonchev–Trinajstić information content (AvgIpc) is 2.92. The molecule has 0 aliphatic carbocycles. The summed E-state index contributed by atoms with van der Waals surface area (Å²) in [6.07, 6.45) is 0. The van der Waals surface area contributed by atoms with Crippen molar-refractivity contribution in [2.24, 2.45) is 0 Å². The molecule has 0 amide bonds. The third kappa shape index (κ3) is 1.42. The molecule has 1 aromatic carbocycles. The zero-order chi connectivity index (χ0) is 12.7. The Morgan fingerprint density at radius 2 is 2.00 bits per heavy atom. The third-order valence-electron chi connectivity index (χ3n) is 2.90. The van der Waals surface area contributed by atoms with Crippen LogP contribution in [0.1, 0.15) is 5.69 Å². The van der Waals surface area contributed by atoms with Crippen LogP contribution in [0.4, 0.5) is 5.82 Å². The number of benzene rings is 1. The summed E-state index contributed by atoms with van der Waals surface area (Å²) < 4.78 is 6.89. The zero-order valence-corrected chi connectivity index (χ0v) is 10.1. The van der Waals surface area contributed by atoms with Gasteiger partial charge in [-0.15, -0.1) is 0 Å². The van der Waals surface area contributed by atoms with Gasteiger partial charge < -0.3 is 10.5 Å². The van der Waals surface area contributed by atoms with Gasteiger partial charge in [0.15, 0.2) is 5.65 Å². The van der Waals surface area contributed by atoms with Crippen LogP contribution in [0.5, 0.6) is 5.75 Å². The van der Waals surface area contributed by atoms with E-state index in [4.69, 9.17) is 10.5 Å². The molecule has 3 aromatic rings. The summed E-state index contributed by atoms with van der Waals surface area (Å²) in [6, 6.07) is 7.62. The van der Waals surface area contributed by atoms with Crippen LogP contribution in [-0.2, 0) is 0 Å². The van der Waals surface area contributed by atoms with E-state index in [-0.39, 0.29) is 0 Å². The highest BCUT2D eigenvalue weighted by Crippen LogP contribution is 2.24. The predicted octanol–water partition coefficient (Wildman–Crippen LogP) is 1.65. The fourth-order valence-electron chi connectivity index (χ4n) is 2.01. The molecule has 0 saturated carbocycles. The summed E-state index contributed by atoms with van der Waals surface area (Å²) in [5.74, 6) is 1.35. The molecular formula is C12H13N5O. The Kier molecular flexibility index (Phi) is 2.22. The monoisotopic (exact) mass is 243 g/mol. The lowest BCUT2D eigenvalue weighted by atomic mass is 10.3. The molecule has 0 spiro atoms. The molecule has 2 aromatic heterocycles. The van der Waals surface area contributed by atoms with Crippen LogP contribution in [0.3, 0.4) is 0 Å². The Balaban J connectivity index is 2.18. The van der Waals surface area contributed by atoms with E-state index in [0.717, 1.165) is 28.2 Å². The van der Waals surface area contributed by atoms with Gasteiger partial charge in [0.25, 0.3) is 0 Å². The van der Waals surface area contributed by atoms with E-state index in [1.165, 1.54) is 0 Å². The second-order valence-corrected chi connectivity index (χ2v) is 4.03. The van der Waals surface area contributed by atoms with Gasteiger partial charge in [-0.1, -0.05) is 0 Å². The number of ether oxygens (including phenoxy) is 1. The van der Waals surface area contributed by atoms with Crippen LogP contribution >= 0.6 is 0 Å². The first-order valence-electron chi connectivity index (χ1n) is 5.54. The van der Waals surface area contributed by atoms with E-state index in [1.54, 1.807) is 11.8 Å². The van der Waals surface area contributed by atoms with Gasteiger partial charge in [-0.05, 0) is 31.2 Å². The van der Waals surface area contributed by atoms with E-state index in [1.807, 2.05) is 31.2 Å². The lowest BCUT2D eigenvalue weighted by Crippen LogP contribution is -1.97. The van der Waals surface area contributed by atoms with E-state index in [9.17, 15) is 0 Å². The molecule has 0 atom stereocenters. The highest BCUT2D eigenvalue weighted by Gasteiger charge is 2.14. The second kappa shape index (κ2) is 3.76. The van der Waals surface area contributed by atoms with Crippen LogP contribution < -0.4 is 10.5 Å². The summed E-state index contributed by atoms with van der Waals surface area (Å²) in [7, 11) is 1.64. The number of aryl methyl sites for hydroxylation is 1. The maximum atomic E-state index is 5.82. The van der Waals surface area contributed by atoms with Crippen LogP contribution in [-0.4, -0.2) is 27.1 Å². The van der Waals surface area contributed by atoms with Crippen molar-refractivity contribution in [1.29, 1.82) is 0 Å². The van der Waals surface area contributed by atoms with Gasteiger partial charge in [0, 0.05) is 0 Å². The fraction of sp³-hybridized carbons (Fsp3) is 0.167. The standard InChI is InChI=1S/C12H13N5O/c1-7-10-11(13)14-15-12(10)17(16-7)8-3-5-9(18-2)6-4-8/h3-6H,1-2H3,(H3,13,14,15). The van der Waals surface area contributed by atoms with Gasteiger partial charge in [-0.2, -0.15) is 10.2 Å². The summed E-state index contributed by atoms with van der Waals surface area (Å²) in [4.78, 5) is 0. The Hall–Kier alpha value is -2.50. The largest absolute Gasteiger partial charge is 0.497 e. The Labute approximate surface area is 103 Å². The molecule has 0 fully saturated rings. The lowest BCUT2D eigenvalue weighted by Gasteiger charge is -2.03. The minimum atomic E-state index is 0.544. The topological polar surface area (TPSA) is 81.8 Å². The number of anilines is 1. The molecule has 0 aliphatic heterocycles. The normalized spacial score (nSPS) is 11.0. The van der Waals surface area contributed by atoms with E-state index < -0.39 is 0 Å². The number of nitrogens with two attached hydrogens (primary N) is 1. The quantitative estimate of drug-likeness (QED) is 0.717. The number of fused-ring (bicyclic) bond motifs is 1. The Morgan fingerprint density at radius 3 is 2.67 bits per heavy atom. The minimum absolute atomic E-state index is 0.544. The molecule has 6 heteroatoms. The van der Waals surface area contributed by atoms with Crippen LogP contribution in [0.25, 0.3) is 16.7 Å². The van der Waals surface area contributed by atoms with Crippen molar-refractivity contribution in [2.45, 2.75) is 6.92 Å². The van der Waals surface area contributed by atoms with Crippen molar-refractivity contribution in [2.75, 3.05) is 12.8 Å². The number of H-pyrrole nitrogens is 1. The van der Waals surface area contributed by atoms with Crippen molar-refractivity contribution >= 4 is 16.9 Å². The lowest BCUT2D eigenvalue weighted by molar-refractivity contribution is 0.414. The first kappa shape index (κ1) is 10.6. The van der Waals surface area contributed by atoms with Crippen LogP contribution in [0, 0.1) is 6.92 Å². The van der Waals surface area contributed by atoms with Crippen LogP contribution in [0.15, 0.2) is 24.3 Å². The number of hydrogen-bond donors (Lipinski definition) is 2. The van der Waals surface area contributed by atoms with E-state index in [2.05, 4.69) is 15.3 Å². The van der Waals surface area contributed by atoms with Crippen molar-refractivity contribution < 1.29 is 4.74 Å². The maximum absolute atomic E-state index is 5.82. The molecule has 0 saturated heterocycles. The smallest absolute Gasteiger partial charge is 0.186 e. The summed E-state index contributed by atoms with van der Waals surface area (Å²) >= 11 is 0. The van der Waals surface area contributed by atoms with Gasteiger partial charge in [-0.25, -0.2) is 4.68 Å². The molecule has 6 nitrogen and oxygen atoms in total. The number of hydrogen-bond acceptors (Lipinski definition) is 4. The van der Waals surface area contributed by atoms with Crippen molar-refractivity contribution in [3.63, 3.8) is 0 Å². The number of nitrogens with zero attached hydrogens (tertiary/aromatic N) is 3. The number of methoxy groups -OCH3 is 1. The third-order valence-corrected chi connectivity index (χ3v) is 2.90. The predicted molar refractivity (Wildman–Crippen MR) is 68.9 cm³/mol. The summed E-state index contributed by atoms with van der Waals surface area (Å²) in [5.41, 5.74) is 8.33. The zero-order valence-electron chi connectivity index (χ0n) is 10.1. The molecule has 2 heterocycles. The molecule has 3 N–H and O–H groups in total. The number of nitrogen functional groups attached to an aromatic ring is 1. The van der Waals surface area contributed by atoms with Gasteiger partial charge >= 0.3 is 0 Å². The second-order valence-electron chi connectivity index (χ2n) is 4.03. The number of aromatic nitrogens is 4. The van der Waals surface area contributed by atoms with Gasteiger partial charge in [0.05, 0.1) is 23.9 Å².